The lowest BCUT2D eigenvalue weighted by Crippen LogP contribution is -2.08. The first kappa shape index (κ1) is 20.4. The summed E-state index contributed by atoms with van der Waals surface area (Å²) < 4.78 is 0. The van der Waals surface area contributed by atoms with Crippen LogP contribution in [0.4, 0.5) is 0 Å². The van der Waals surface area contributed by atoms with Gasteiger partial charge in [-0.25, -0.2) is 0 Å². The maximum absolute atomic E-state index is 13.1. The summed E-state index contributed by atoms with van der Waals surface area (Å²) in [4.78, 5) is 13.1. The molecule has 1 heteroatoms. The van der Waals surface area contributed by atoms with Crippen molar-refractivity contribution in [1.29, 1.82) is 0 Å². The van der Waals surface area contributed by atoms with Crippen LogP contribution in [-0.4, -0.2) is 5.78 Å². The Hall–Kier alpha value is -1.89. The van der Waals surface area contributed by atoms with Crippen molar-refractivity contribution >= 4 is 5.78 Å². The van der Waals surface area contributed by atoms with E-state index in [9.17, 15) is 4.79 Å². The zero-order valence-corrected chi connectivity index (χ0v) is 17.4. The van der Waals surface area contributed by atoms with E-state index in [0.717, 1.165) is 47.9 Å². The Labute approximate surface area is 159 Å². The van der Waals surface area contributed by atoms with Gasteiger partial charge in [-0.05, 0) is 73.6 Å². The van der Waals surface area contributed by atoms with Gasteiger partial charge in [0.2, 0.25) is 0 Å². The van der Waals surface area contributed by atoms with Crippen LogP contribution in [0.15, 0.2) is 36.4 Å². The first-order valence-electron chi connectivity index (χ1n) is 10.2. The molecular formula is C25H34O. The van der Waals surface area contributed by atoms with Crippen molar-refractivity contribution in [3.63, 3.8) is 0 Å². The molecule has 0 saturated carbocycles. The first-order chi connectivity index (χ1) is 12.5. The van der Waals surface area contributed by atoms with Crippen LogP contribution in [-0.2, 0) is 0 Å². The van der Waals surface area contributed by atoms with Crippen LogP contribution in [0.2, 0.25) is 0 Å². The molecule has 0 radical (unpaired) electrons. The molecule has 0 bridgehead atoms. The number of rotatable bonds is 8. The average molecular weight is 351 g/mol. The Morgan fingerprint density at radius 1 is 0.692 bits per heavy atom. The van der Waals surface area contributed by atoms with Crippen molar-refractivity contribution in [2.45, 2.75) is 79.1 Å². The van der Waals surface area contributed by atoms with Gasteiger partial charge in [0, 0.05) is 11.1 Å². The van der Waals surface area contributed by atoms with E-state index < -0.39 is 0 Å². The molecule has 0 aliphatic rings. The Kier molecular flexibility index (Phi) is 7.20. The van der Waals surface area contributed by atoms with E-state index in [0.29, 0.717) is 11.8 Å². The van der Waals surface area contributed by atoms with E-state index in [1.54, 1.807) is 0 Å². The normalized spacial score (nSPS) is 11.4. The molecule has 26 heavy (non-hydrogen) atoms. The van der Waals surface area contributed by atoms with E-state index in [1.165, 1.54) is 11.1 Å². The molecule has 1 nitrogen and oxygen atoms in total. The number of carbonyl (C=O) groups is 1. The molecule has 140 valence electrons. The summed E-state index contributed by atoms with van der Waals surface area (Å²) in [6.45, 7) is 13.0. The maximum Gasteiger partial charge on any atom is 0.193 e. The fourth-order valence-corrected chi connectivity index (χ4v) is 4.06. The van der Waals surface area contributed by atoms with E-state index in [2.05, 4.69) is 65.8 Å². The van der Waals surface area contributed by atoms with E-state index in [-0.39, 0.29) is 5.78 Å². The third-order valence-electron chi connectivity index (χ3n) is 5.90. The zero-order chi connectivity index (χ0) is 19.3. The lowest BCUT2D eigenvalue weighted by molar-refractivity contribution is 0.103. The minimum atomic E-state index is 0.146. The number of benzene rings is 2. The molecule has 0 aromatic heterocycles. The summed E-state index contributed by atoms with van der Waals surface area (Å²) in [7, 11) is 0. The van der Waals surface area contributed by atoms with Crippen molar-refractivity contribution in [3.05, 3.63) is 69.8 Å². The highest BCUT2D eigenvalue weighted by Crippen LogP contribution is 2.28. The molecule has 0 unspecified atom stereocenters. The molecule has 2 aromatic carbocycles. The predicted octanol–water partition coefficient (Wildman–Crippen LogP) is 7.34. The quantitative estimate of drug-likeness (QED) is 0.455. The molecule has 0 atom stereocenters. The van der Waals surface area contributed by atoms with Gasteiger partial charge >= 0.3 is 0 Å². The van der Waals surface area contributed by atoms with E-state index in [1.807, 2.05) is 12.1 Å². The van der Waals surface area contributed by atoms with Gasteiger partial charge < -0.3 is 0 Å². The van der Waals surface area contributed by atoms with Gasteiger partial charge in [-0.3, -0.25) is 4.79 Å². The van der Waals surface area contributed by atoms with Gasteiger partial charge in [-0.1, -0.05) is 64.1 Å². The second-order valence-corrected chi connectivity index (χ2v) is 7.50. The van der Waals surface area contributed by atoms with Crippen molar-refractivity contribution in [2.24, 2.45) is 0 Å². The highest BCUT2D eigenvalue weighted by Gasteiger charge is 2.17. The van der Waals surface area contributed by atoms with Gasteiger partial charge in [0.25, 0.3) is 0 Å². The summed E-state index contributed by atoms with van der Waals surface area (Å²) in [6, 6.07) is 12.8. The summed E-state index contributed by atoms with van der Waals surface area (Å²) in [5.41, 5.74) is 6.54. The number of hydrogen-bond acceptors (Lipinski definition) is 1. The Morgan fingerprint density at radius 3 is 1.31 bits per heavy atom. The molecule has 0 N–H and O–H groups in total. The lowest BCUT2D eigenvalue weighted by atomic mass is 9.87. The van der Waals surface area contributed by atoms with Gasteiger partial charge in [0.05, 0.1) is 0 Å². The minimum absolute atomic E-state index is 0.146. The van der Waals surface area contributed by atoms with Crippen molar-refractivity contribution in [1.82, 2.24) is 0 Å². The average Bonchev–Trinajstić information content (AvgIpc) is 2.63. The van der Waals surface area contributed by atoms with Crippen LogP contribution in [0.5, 0.6) is 0 Å². The predicted molar refractivity (Wildman–Crippen MR) is 112 cm³/mol. The van der Waals surface area contributed by atoms with Crippen LogP contribution >= 0.6 is 0 Å². The van der Waals surface area contributed by atoms with Crippen molar-refractivity contribution < 1.29 is 4.79 Å². The number of carbonyl (C=O) groups excluding carboxylic acids is 1. The second-order valence-electron chi connectivity index (χ2n) is 7.50. The minimum Gasteiger partial charge on any atom is -0.289 e. The molecule has 0 aliphatic carbocycles. The molecule has 0 fully saturated rings. The molecule has 0 aliphatic heterocycles. The highest BCUT2D eigenvalue weighted by atomic mass is 16.1. The van der Waals surface area contributed by atoms with E-state index >= 15 is 0 Å². The summed E-state index contributed by atoms with van der Waals surface area (Å²) in [5.74, 6) is 1.31. The van der Waals surface area contributed by atoms with Crippen LogP contribution in [0.1, 0.15) is 103 Å². The van der Waals surface area contributed by atoms with Crippen LogP contribution in [0.25, 0.3) is 0 Å². The summed E-state index contributed by atoms with van der Waals surface area (Å²) in [6.07, 6.45) is 4.55. The second kappa shape index (κ2) is 9.16. The van der Waals surface area contributed by atoms with Crippen LogP contribution < -0.4 is 0 Å². The van der Waals surface area contributed by atoms with Gasteiger partial charge in [-0.2, -0.15) is 0 Å². The fraction of sp³-hybridized carbons (Fsp3) is 0.480. The third kappa shape index (κ3) is 4.26. The third-order valence-corrected chi connectivity index (χ3v) is 5.90. The van der Waals surface area contributed by atoms with Crippen LogP contribution in [0.3, 0.4) is 0 Å². The first-order valence-corrected chi connectivity index (χ1v) is 10.2. The standard InChI is InChI=1S/C25H34O/c1-7-19(8-2)21-11-13-23(17(5)15-21)25(26)24-14-12-22(16-18(24)6)20(9-3)10-4/h11-16,19-20H,7-10H2,1-6H3. The SMILES string of the molecule is CCC(CC)c1ccc(C(=O)c2ccc(C(CC)CC)cc2C)c(C)c1. The maximum atomic E-state index is 13.1. The van der Waals surface area contributed by atoms with Crippen molar-refractivity contribution in [2.75, 3.05) is 0 Å². The van der Waals surface area contributed by atoms with Gasteiger partial charge in [0.15, 0.2) is 5.78 Å². The topological polar surface area (TPSA) is 17.1 Å². The summed E-state index contributed by atoms with van der Waals surface area (Å²) in [5, 5.41) is 0. The molecular weight excluding hydrogens is 316 g/mol. The number of aryl methyl sites for hydroxylation is 2. The molecule has 2 rings (SSSR count). The fourth-order valence-electron chi connectivity index (χ4n) is 4.06. The largest absolute Gasteiger partial charge is 0.289 e. The highest BCUT2D eigenvalue weighted by molar-refractivity contribution is 6.10. The van der Waals surface area contributed by atoms with Crippen molar-refractivity contribution in [3.8, 4) is 0 Å². The smallest absolute Gasteiger partial charge is 0.193 e. The molecule has 2 aromatic rings. The Morgan fingerprint density at radius 2 is 1.04 bits per heavy atom. The Balaban J connectivity index is 2.34. The zero-order valence-electron chi connectivity index (χ0n) is 17.4. The van der Waals surface area contributed by atoms with Gasteiger partial charge in [0.1, 0.15) is 0 Å². The summed E-state index contributed by atoms with van der Waals surface area (Å²) >= 11 is 0. The van der Waals surface area contributed by atoms with E-state index in [4.69, 9.17) is 0 Å². The molecule has 0 heterocycles. The lowest BCUT2D eigenvalue weighted by Gasteiger charge is -2.17. The van der Waals surface area contributed by atoms with Gasteiger partial charge in [-0.15, -0.1) is 0 Å². The number of ketones is 1. The molecule has 0 amide bonds. The number of hydrogen-bond donors (Lipinski definition) is 0. The van der Waals surface area contributed by atoms with Crippen LogP contribution in [0, 0.1) is 13.8 Å². The molecule has 0 saturated heterocycles. The monoisotopic (exact) mass is 350 g/mol. The Bertz CT molecular complexity index is 685. The molecule has 0 spiro atoms.